The molecule has 0 amide bonds. The van der Waals surface area contributed by atoms with Crippen LogP contribution in [0.25, 0.3) is 76.8 Å². The van der Waals surface area contributed by atoms with Crippen molar-refractivity contribution in [3.05, 3.63) is 158 Å². The Balaban J connectivity index is 1.33. The summed E-state index contributed by atoms with van der Waals surface area (Å²) >= 11 is 0. The summed E-state index contributed by atoms with van der Waals surface area (Å²) in [7, 11) is 0. The lowest BCUT2D eigenvalue weighted by Gasteiger charge is -2.14. The molecule has 2 nitrogen and oxygen atoms in total. The highest BCUT2D eigenvalue weighted by Crippen LogP contribution is 2.40. The first-order chi connectivity index (χ1) is 20.8. The van der Waals surface area contributed by atoms with Crippen LogP contribution >= 0.6 is 0 Å². The van der Waals surface area contributed by atoms with Crippen LogP contribution in [-0.2, 0) is 0 Å². The number of rotatable bonds is 3. The van der Waals surface area contributed by atoms with Gasteiger partial charge in [0.2, 0.25) is 0 Å². The van der Waals surface area contributed by atoms with Gasteiger partial charge in [0.1, 0.15) is 0 Å². The molecular weight excluding hydrogens is 508 g/mol. The molecule has 2 heteroatoms. The molecule has 0 atom stereocenters. The van der Waals surface area contributed by atoms with Crippen molar-refractivity contribution < 1.29 is 0 Å². The lowest BCUT2D eigenvalue weighted by Crippen LogP contribution is -1.95. The summed E-state index contributed by atoms with van der Waals surface area (Å²) in [6, 6.07) is 55.0. The van der Waals surface area contributed by atoms with Gasteiger partial charge in [-0.15, -0.1) is 0 Å². The molecule has 0 radical (unpaired) electrons. The molecular formula is C40H26N2. The van der Waals surface area contributed by atoms with Crippen LogP contribution in [0, 0.1) is 0 Å². The summed E-state index contributed by atoms with van der Waals surface area (Å²) in [6.45, 7) is 0. The van der Waals surface area contributed by atoms with E-state index in [0.717, 1.165) is 5.69 Å². The highest BCUT2D eigenvalue weighted by atomic mass is 15.0. The SMILES string of the molecule is c1ccc(-n2ccc3ccc4c(c5ccccc5n4-c4cccc(-c5cc6ccccc6c6ccccc56)c4)c32)cc1. The van der Waals surface area contributed by atoms with E-state index in [0.29, 0.717) is 0 Å². The first-order valence-electron chi connectivity index (χ1n) is 14.5. The second kappa shape index (κ2) is 8.95. The quantitative estimate of drug-likeness (QED) is 0.200. The van der Waals surface area contributed by atoms with Crippen LogP contribution in [0.5, 0.6) is 0 Å². The Morgan fingerprint density at radius 3 is 2.00 bits per heavy atom. The fourth-order valence-corrected chi connectivity index (χ4v) is 6.87. The maximum Gasteiger partial charge on any atom is 0.0628 e. The summed E-state index contributed by atoms with van der Waals surface area (Å²) in [5, 5.41) is 8.90. The number of hydrogen-bond donors (Lipinski definition) is 0. The Labute approximate surface area is 243 Å². The van der Waals surface area contributed by atoms with Crippen molar-refractivity contribution in [2.45, 2.75) is 0 Å². The van der Waals surface area contributed by atoms with Crippen molar-refractivity contribution in [3.63, 3.8) is 0 Å². The minimum Gasteiger partial charge on any atom is -0.316 e. The minimum absolute atomic E-state index is 1.16. The molecule has 0 fully saturated rings. The number of nitrogens with zero attached hydrogens (tertiary/aromatic N) is 2. The Kier molecular flexibility index (Phi) is 4.93. The number of para-hydroxylation sites is 2. The third-order valence-corrected chi connectivity index (χ3v) is 8.70. The molecule has 0 aliphatic rings. The topological polar surface area (TPSA) is 9.86 Å². The highest BCUT2D eigenvalue weighted by molar-refractivity contribution is 6.21. The van der Waals surface area contributed by atoms with E-state index in [9.17, 15) is 0 Å². The first-order valence-corrected chi connectivity index (χ1v) is 14.5. The largest absolute Gasteiger partial charge is 0.316 e. The zero-order valence-electron chi connectivity index (χ0n) is 22.9. The summed E-state index contributed by atoms with van der Waals surface area (Å²) in [6.07, 6.45) is 2.19. The molecule has 2 heterocycles. The zero-order valence-corrected chi connectivity index (χ0v) is 22.9. The first kappa shape index (κ1) is 23.1. The molecule has 9 rings (SSSR count). The molecule has 0 saturated carbocycles. The molecule has 0 aliphatic heterocycles. The van der Waals surface area contributed by atoms with Gasteiger partial charge in [-0.05, 0) is 81.2 Å². The number of fused-ring (bicyclic) bond motifs is 8. The average Bonchev–Trinajstić information content (AvgIpc) is 3.64. The van der Waals surface area contributed by atoms with Crippen LogP contribution in [0.4, 0.5) is 0 Å². The number of benzene rings is 7. The Hall–Kier alpha value is -5.60. The normalized spacial score (nSPS) is 11.8. The predicted octanol–water partition coefficient (Wildman–Crippen LogP) is 10.7. The molecule has 0 unspecified atom stereocenters. The standard InChI is InChI=1S/C40H26N2/c1-2-13-30(14-3-1)41-24-23-27-21-22-38-39(40(27)41)35-19-8-9-20-37(35)42(38)31-15-10-12-28(25-31)36-26-29-11-4-5-16-32(29)33-17-6-7-18-34(33)36/h1-26H. The predicted molar refractivity (Wildman–Crippen MR) is 178 cm³/mol. The van der Waals surface area contributed by atoms with E-state index < -0.39 is 0 Å². The summed E-state index contributed by atoms with van der Waals surface area (Å²) < 4.78 is 4.76. The van der Waals surface area contributed by atoms with E-state index in [1.807, 2.05) is 0 Å². The number of aromatic nitrogens is 2. The lowest BCUT2D eigenvalue weighted by atomic mass is 9.93. The van der Waals surface area contributed by atoms with Gasteiger partial charge in [0, 0.05) is 33.7 Å². The van der Waals surface area contributed by atoms with Crippen molar-refractivity contribution in [1.82, 2.24) is 9.13 Å². The molecule has 0 bridgehead atoms. The molecule has 42 heavy (non-hydrogen) atoms. The average molecular weight is 535 g/mol. The van der Waals surface area contributed by atoms with Gasteiger partial charge in [-0.25, -0.2) is 0 Å². The fourth-order valence-electron chi connectivity index (χ4n) is 6.87. The maximum atomic E-state index is 2.43. The summed E-state index contributed by atoms with van der Waals surface area (Å²) in [4.78, 5) is 0. The van der Waals surface area contributed by atoms with E-state index in [1.54, 1.807) is 0 Å². The maximum absolute atomic E-state index is 2.43. The minimum atomic E-state index is 1.16. The fraction of sp³-hybridized carbons (Fsp3) is 0. The Bertz CT molecular complexity index is 2460. The van der Waals surface area contributed by atoms with E-state index in [4.69, 9.17) is 0 Å². The van der Waals surface area contributed by atoms with Gasteiger partial charge in [-0.1, -0.05) is 103 Å². The van der Waals surface area contributed by atoms with Crippen LogP contribution in [-0.4, -0.2) is 9.13 Å². The molecule has 196 valence electrons. The van der Waals surface area contributed by atoms with Crippen LogP contribution < -0.4 is 0 Å². The van der Waals surface area contributed by atoms with Crippen molar-refractivity contribution >= 4 is 54.3 Å². The van der Waals surface area contributed by atoms with E-state index in [2.05, 4.69) is 167 Å². The molecule has 0 spiro atoms. The lowest BCUT2D eigenvalue weighted by molar-refractivity contribution is 1.13. The van der Waals surface area contributed by atoms with Crippen LogP contribution in [0.1, 0.15) is 0 Å². The van der Waals surface area contributed by atoms with E-state index in [-0.39, 0.29) is 0 Å². The van der Waals surface area contributed by atoms with Crippen molar-refractivity contribution in [3.8, 4) is 22.5 Å². The molecule has 9 aromatic rings. The second-order valence-electron chi connectivity index (χ2n) is 11.0. The van der Waals surface area contributed by atoms with Crippen LogP contribution in [0.15, 0.2) is 158 Å². The van der Waals surface area contributed by atoms with Crippen molar-refractivity contribution in [2.24, 2.45) is 0 Å². The van der Waals surface area contributed by atoms with Gasteiger partial charge < -0.3 is 9.13 Å². The Morgan fingerprint density at radius 2 is 1.12 bits per heavy atom. The smallest absolute Gasteiger partial charge is 0.0628 e. The van der Waals surface area contributed by atoms with Gasteiger partial charge in [0.15, 0.2) is 0 Å². The van der Waals surface area contributed by atoms with Gasteiger partial charge >= 0.3 is 0 Å². The van der Waals surface area contributed by atoms with Crippen LogP contribution in [0.2, 0.25) is 0 Å². The third kappa shape index (κ3) is 3.33. The molecule has 0 aliphatic carbocycles. The summed E-state index contributed by atoms with van der Waals surface area (Å²) in [5.74, 6) is 0. The molecule has 0 N–H and O–H groups in total. The van der Waals surface area contributed by atoms with Gasteiger partial charge in [-0.3, -0.25) is 0 Å². The zero-order chi connectivity index (χ0) is 27.6. The van der Waals surface area contributed by atoms with Crippen LogP contribution in [0.3, 0.4) is 0 Å². The van der Waals surface area contributed by atoms with Crippen molar-refractivity contribution in [2.75, 3.05) is 0 Å². The van der Waals surface area contributed by atoms with E-state index >= 15 is 0 Å². The second-order valence-corrected chi connectivity index (χ2v) is 11.0. The molecule has 7 aromatic carbocycles. The third-order valence-electron chi connectivity index (χ3n) is 8.70. The van der Waals surface area contributed by atoms with Gasteiger partial charge in [-0.2, -0.15) is 0 Å². The molecule has 2 aromatic heterocycles. The van der Waals surface area contributed by atoms with Gasteiger partial charge in [0.25, 0.3) is 0 Å². The van der Waals surface area contributed by atoms with E-state index in [1.165, 1.54) is 71.1 Å². The highest BCUT2D eigenvalue weighted by Gasteiger charge is 2.18. The van der Waals surface area contributed by atoms with Gasteiger partial charge in [0.05, 0.1) is 16.6 Å². The van der Waals surface area contributed by atoms with Crippen molar-refractivity contribution in [1.29, 1.82) is 0 Å². The monoisotopic (exact) mass is 534 g/mol. The molecule has 0 saturated heterocycles. The number of hydrogen-bond acceptors (Lipinski definition) is 0. The Morgan fingerprint density at radius 1 is 0.405 bits per heavy atom. The summed E-state index contributed by atoms with van der Waals surface area (Å²) in [5.41, 5.74) is 8.46.